The van der Waals surface area contributed by atoms with Crippen LogP contribution in [0, 0.1) is 0 Å². The maximum atomic E-state index is 10.6. The lowest BCUT2D eigenvalue weighted by molar-refractivity contribution is -0.129. The van der Waals surface area contributed by atoms with Crippen molar-refractivity contribution in [2.75, 3.05) is 6.54 Å². The Hall–Kier alpha value is -1.39. The van der Waals surface area contributed by atoms with Gasteiger partial charge in [-0.1, -0.05) is 0 Å². The predicted octanol–water partition coefficient (Wildman–Crippen LogP) is -1.43. The zero-order valence-corrected chi connectivity index (χ0v) is 6.22. The van der Waals surface area contributed by atoms with E-state index in [4.69, 9.17) is 5.73 Å². The molecule has 0 heterocycles. The fraction of sp³-hybridized carbons (Fsp3) is 0.500. The summed E-state index contributed by atoms with van der Waals surface area (Å²) >= 11 is 0. The molecule has 0 spiro atoms. The van der Waals surface area contributed by atoms with Crippen LogP contribution >= 0.6 is 0 Å². The van der Waals surface area contributed by atoms with Crippen LogP contribution in [0.4, 0.5) is 0 Å². The minimum atomic E-state index is -0.703. The number of ketones is 1. The molecule has 5 nitrogen and oxygen atoms in total. The van der Waals surface area contributed by atoms with E-state index in [1.165, 1.54) is 6.92 Å². The lowest BCUT2D eigenvalue weighted by Crippen LogP contribution is -2.31. The number of hydrogen-bond donors (Lipinski definition) is 2. The molecule has 5 heteroatoms. The highest BCUT2D eigenvalue weighted by Crippen LogP contribution is 1.76. The van der Waals surface area contributed by atoms with Gasteiger partial charge in [-0.3, -0.25) is 14.4 Å². The van der Waals surface area contributed by atoms with Crippen molar-refractivity contribution in [3.8, 4) is 0 Å². The summed E-state index contributed by atoms with van der Waals surface area (Å²) in [6, 6.07) is 0. The predicted molar refractivity (Wildman–Crippen MR) is 37.5 cm³/mol. The molecular weight excluding hydrogens is 148 g/mol. The summed E-state index contributed by atoms with van der Waals surface area (Å²) in [4.78, 5) is 31.0. The van der Waals surface area contributed by atoms with E-state index in [1.54, 1.807) is 0 Å². The van der Waals surface area contributed by atoms with Crippen LogP contribution in [0.2, 0.25) is 0 Å². The van der Waals surface area contributed by atoms with Crippen molar-refractivity contribution in [1.82, 2.24) is 5.32 Å². The summed E-state index contributed by atoms with van der Waals surface area (Å²) in [5.41, 5.74) is 4.72. The lowest BCUT2D eigenvalue weighted by Gasteiger charge is -1.98. The molecule has 0 bridgehead atoms. The molecule has 0 aromatic carbocycles. The van der Waals surface area contributed by atoms with E-state index >= 15 is 0 Å². The van der Waals surface area contributed by atoms with Gasteiger partial charge < -0.3 is 11.1 Å². The molecule has 11 heavy (non-hydrogen) atoms. The number of nitrogens with one attached hydrogen (secondary N) is 1. The van der Waals surface area contributed by atoms with Crippen LogP contribution < -0.4 is 11.1 Å². The Bertz CT molecular complexity index is 188. The Morgan fingerprint density at radius 1 is 1.36 bits per heavy atom. The number of carbonyl (C=O) groups is 3. The number of rotatable bonds is 4. The molecule has 0 atom stereocenters. The molecule has 0 saturated carbocycles. The highest BCUT2D eigenvalue weighted by atomic mass is 16.2. The first-order valence-corrected chi connectivity index (χ1v) is 3.07. The largest absolute Gasteiger partial charge is 0.369 e. The fourth-order valence-corrected chi connectivity index (χ4v) is 0.444. The Morgan fingerprint density at radius 3 is 2.27 bits per heavy atom. The molecule has 0 saturated heterocycles. The van der Waals surface area contributed by atoms with Crippen molar-refractivity contribution in [1.29, 1.82) is 0 Å². The lowest BCUT2D eigenvalue weighted by atomic mass is 10.3. The third kappa shape index (κ3) is 6.50. The SMILES string of the molecule is CC(=O)CNC(=O)CC(N)=O. The molecule has 0 aromatic rings. The quantitative estimate of drug-likeness (QED) is 0.491. The van der Waals surface area contributed by atoms with Crippen molar-refractivity contribution < 1.29 is 14.4 Å². The van der Waals surface area contributed by atoms with E-state index < -0.39 is 11.8 Å². The van der Waals surface area contributed by atoms with Crippen LogP contribution in [-0.4, -0.2) is 24.1 Å². The van der Waals surface area contributed by atoms with Crippen LogP contribution in [0.5, 0.6) is 0 Å². The van der Waals surface area contributed by atoms with Crippen LogP contribution in [0.1, 0.15) is 13.3 Å². The van der Waals surface area contributed by atoms with Crippen molar-refractivity contribution in [2.45, 2.75) is 13.3 Å². The Morgan fingerprint density at radius 2 is 1.91 bits per heavy atom. The molecule has 3 N–H and O–H groups in total. The molecule has 2 amide bonds. The zero-order valence-electron chi connectivity index (χ0n) is 6.22. The second-order valence-corrected chi connectivity index (χ2v) is 2.12. The van der Waals surface area contributed by atoms with Gasteiger partial charge in [-0.15, -0.1) is 0 Å². The van der Waals surface area contributed by atoms with Crippen LogP contribution in [0.25, 0.3) is 0 Å². The third-order valence-corrected chi connectivity index (χ3v) is 0.869. The Balaban J connectivity index is 3.53. The number of amides is 2. The first-order valence-electron chi connectivity index (χ1n) is 3.07. The van der Waals surface area contributed by atoms with E-state index in [1.807, 2.05) is 0 Å². The summed E-state index contributed by atoms with van der Waals surface area (Å²) in [6.45, 7) is 1.29. The van der Waals surface area contributed by atoms with Gasteiger partial charge in [0.05, 0.1) is 6.54 Å². The van der Waals surface area contributed by atoms with Crippen molar-refractivity contribution in [2.24, 2.45) is 5.73 Å². The number of nitrogens with two attached hydrogens (primary N) is 1. The highest BCUT2D eigenvalue weighted by Gasteiger charge is 2.04. The number of Topliss-reactive ketones (excluding diaryl/α,β-unsaturated/α-hetero) is 1. The summed E-state index contributed by atoms with van der Waals surface area (Å²) in [5, 5.41) is 2.22. The second kappa shape index (κ2) is 4.43. The maximum Gasteiger partial charge on any atom is 0.229 e. The molecule has 0 aliphatic heterocycles. The van der Waals surface area contributed by atoms with E-state index in [2.05, 4.69) is 5.32 Å². The Kier molecular flexibility index (Phi) is 3.87. The molecule has 0 rings (SSSR count). The summed E-state index contributed by atoms with van der Waals surface area (Å²) in [6.07, 6.45) is -0.368. The van der Waals surface area contributed by atoms with Crippen molar-refractivity contribution >= 4 is 17.6 Å². The van der Waals surface area contributed by atoms with Crippen molar-refractivity contribution in [3.05, 3.63) is 0 Å². The summed E-state index contributed by atoms with van der Waals surface area (Å²) in [5.74, 6) is -1.39. The molecular formula is C6H10N2O3. The van der Waals surface area contributed by atoms with Gasteiger partial charge in [0.15, 0.2) is 0 Å². The van der Waals surface area contributed by atoms with Gasteiger partial charge in [0.2, 0.25) is 11.8 Å². The number of hydrogen-bond acceptors (Lipinski definition) is 3. The van der Waals surface area contributed by atoms with E-state index in [0.29, 0.717) is 0 Å². The summed E-state index contributed by atoms with van der Waals surface area (Å²) < 4.78 is 0. The van der Waals surface area contributed by atoms with Crippen LogP contribution in [0.15, 0.2) is 0 Å². The maximum absolute atomic E-state index is 10.6. The van der Waals surface area contributed by atoms with E-state index in [9.17, 15) is 14.4 Å². The van der Waals surface area contributed by atoms with Gasteiger partial charge in [0, 0.05) is 0 Å². The molecule has 0 unspecified atom stereocenters. The number of primary amides is 1. The zero-order chi connectivity index (χ0) is 8.85. The van der Waals surface area contributed by atoms with Gasteiger partial charge in [0.1, 0.15) is 12.2 Å². The summed E-state index contributed by atoms with van der Waals surface area (Å²) in [7, 11) is 0. The van der Waals surface area contributed by atoms with Crippen molar-refractivity contribution in [3.63, 3.8) is 0 Å². The van der Waals surface area contributed by atoms with Crippen LogP contribution in [-0.2, 0) is 14.4 Å². The molecule has 0 aliphatic rings. The molecule has 0 radical (unpaired) electrons. The normalized spacial score (nSPS) is 8.82. The smallest absolute Gasteiger partial charge is 0.229 e. The first kappa shape index (κ1) is 9.61. The highest BCUT2D eigenvalue weighted by molar-refractivity contribution is 5.97. The van der Waals surface area contributed by atoms with Gasteiger partial charge in [-0.25, -0.2) is 0 Å². The van der Waals surface area contributed by atoms with E-state index in [0.717, 1.165) is 0 Å². The standard InChI is InChI=1S/C6H10N2O3/c1-4(9)3-8-6(11)2-5(7)10/h2-3H2,1H3,(H2,7,10)(H,8,11). The molecule has 0 aromatic heterocycles. The molecule has 0 fully saturated rings. The first-order chi connectivity index (χ1) is 5.02. The Labute approximate surface area is 63.9 Å². The van der Waals surface area contributed by atoms with Gasteiger partial charge in [-0.2, -0.15) is 0 Å². The minimum absolute atomic E-state index is 0.0495. The monoisotopic (exact) mass is 158 g/mol. The van der Waals surface area contributed by atoms with Crippen LogP contribution in [0.3, 0.4) is 0 Å². The van der Waals surface area contributed by atoms with Gasteiger partial charge >= 0.3 is 0 Å². The average Bonchev–Trinajstić information content (AvgIpc) is 1.82. The fourth-order valence-electron chi connectivity index (χ4n) is 0.444. The topological polar surface area (TPSA) is 89.3 Å². The van der Waals surface area contributed by atoms with Gasteiger partial charge in [-0.05, 0) is 6.92 Å². The minimum Gasteiger partial charge on any atom is -0.369 e. The molecule has 0 aliphatic carbocycles. The second-order valence-electron chi connectivity index (χ2n) is 2.12. The average molecular weight is 158 g/mol. The number of carbonyl (C=O) groups excluding carboxylic acids is 3. The van der Waals surface area contributed by atoms with E-state index in [-0.39, 0.29) is 18.7 Å². The third-order valence-electron chi connectivity index (χ3n) is 0.869. The van der Waals surface area contributed by atoms with Gasteiger partial charge in [0.25, 0.3) is 0 Å². The molecule has 62 valence electrons.